The maximum Gasteiger partial charge on any atom is 0.377 e. The Morgan fingerprint density at radius 1 is 1.11 bits per heavy atom. The molecule has 0 saturated carbocycles. The second-order valence-corrected chi connectivity index (χ2v) is 9.48. The fraction of sp³-hybridized carbons (Fsp3) is 0.259. The molecule has 2 amide bonds. The Morgan fingerprint density at radius 3 is 2.46 bits per heavy atom. The van der Waals surface area contributed by atoms with Crippen molar-refractivity contribution in [1.82, 2.24) is 15.4 Å². The molecule has 1 atom stereocenters. The van der Waals surface area contributed by atoms with Crippen molar-refractivity contribution in [2.75, 3.05) is 7.11 Å². The van der Waals surface area contributed by atoms with E-state index in [0.29, 0.717) is 17.7 Å². The quantitative estimate of drug-likeness (QED) is 0.444. The van der Waals surface area contributed by atoms with Gasteiger partial charge < -0.3 is 4.74 Å². The summed E-state index contributed by atoms with van der Waals surface area (Å²) < 4.78 is 4.99. The highest BCUT2D eigenvalue weighted by atomic mass is 32.1. The van der Waals surface area contributed by atoms with Crippen LogP contribution >= 0.6 is 11.3 Å². The van der Waals surface area contributed by atoms with Crippen LogP contribution < -0.4 is 10.2 Å². The molecular weight excluding hydrogens is 460 g/mol. The van der Waals surface area contributed by atoms with Crippen LogP contribution in [0.1, 0.15) is 38.4 Å². The topological polar surface area (TPSA) is 81.2 Å². The van der Waals surface area contributed by atoms with Crippen LogP contribution in [0, 0.1) is 5.92 Å². The zero-order valence-corrected chi connectivity index (χ0v) is 21.1. The highest BCUT2D eigenvalue weighted by molar-refractivity contribution is 7.13. The third-order valence-corrected chi connectivity index (χ3v) is 6.88. The van der Waals surface area contributed by atoms with Gasteiger partial charge in [-0.1, -0.05) is 20.8 Å². The molecular formula is C27H29N4O3S+. The number of carbonyl (C=O) groups excluding carboxylic acids is 2. The largest absolute Gasteiger partial charge is 0.497 e. The molecule has 7 nitrogen and oxygen atoms in total. The van der Waals surface area contributed by atoms with Crippen molar-refractivity contribution in [3.8, 4) is 16.3 Å². The number of amides is 2. The molecule has 180 valence electrons. The fourth-order valence-electron chi connectivity index (χ4n) is 3.98. The number of pyridine rings is 1. The summed E-state index contributed by atoms with van der Waals surface area (Å²) in [5.41, 5.74) is 6.79. The van der Waals surface area contributed by atoms with E-state index in [9.17, 15) is 9.59 Å². The average Bonchev–Trinajstić information content (AvgIpc) is 3.36. The van der Waals surface area contributed by atoms with Crippen LogP contribution in [0.3, 0.4) is 0 Å². The number of thiazole rings is 1. The van der Waals surface area contributed by atoms with Crippen molar-refractivity contribution in [1.29, 1.82) is 0 Å². The second-order valence-electron chi connectivity index (χ2n) is 8.62. The molecule has 0 fully saturated rings. The summed E-state index contributed by atoms with van der Waals surface area (Å²) in [5.74, 6) is 0.0529. The summed E-state index contributed by atoms with van der Waals surface area (Å²) in [4.78, 5) is 36.0. The summed E-state index contributed by atoms with van der Waals surface area (Å²) >= 11 is 1.47. The van der Waals surface area contributed by atoms with Gasteiger partial charge in [-0.05, 0) is 48.6 Å². The van der Waals surface area contributed by atoms with Gasteiger partial charge in [-0.3, -0.25) is 9.78 Å². The standard InChI is InChI=1S/C27H28N4O3S/c1-5-21-8-11-23(24-17-35-26(29-24)20-12-14-28-15-13-20)27(33)31(21,30-25(32)18(2)3)16-19-6-9-22(34-4)10-7-19/h6-15,17-18H,5,16H2,1-4H3/p+1. The number of aromatic nitrogens is 2. The molecule has 0 spiro atoms. The maximum atomic E-state index is 14.2. The van der Waals surface area contributed by atoms with E-state index in [-0.39, 0.29) is 28.9 Å². The Balaban J connectivity index is 1.77. The molecule has 3 aromatic rings. The van der Waals surface area contributed by atoms with Crippen LogP contribution in [0.2, 0.25) is 0 Å². The number of nitrogens with zero attached hydrogens (tertiary/aromatic N) is 3. The van der Waals surface area contributed by atoms with Crippen LogP contribution in [0.25, 0.3) is 16.1 Å². The highest BCUT2D eigenvalue weighted by Crippen LogP contribution is 2.35. The van der Waals surface area contributed by atoms with Gasteiger partial charge in [-0.25, -0.2) is 9.78 Å². The molecule has 0 radical (unpaired) electrons. The van der Waals surface area contributed by atoms with E-state index in [0.717, 1.165) is 27.6 Å². The first-order valence-corrected chi connectivity index (χ1v) is 12.4. The van der Waals surface area contributed by atoms with Gasteiger partial charge >= 0.3 is 5.91 Å². The van der Waals surface area contributed by atoms with E-state index < -0.39 is 0 Å². The normalized spacial score (nSPS) is 17.7. The van der Waals surface area contributed by atoms with E-state index in [1.165, 1.54) is 11.3 Å². The molecule has 0 bridgehead atoms. The number of hydrogen-bond acceptors (Lipinski definition) is 6. The van der Waals surface area contributed by atoms with Crippen molar-refractivity contribution in [2.45, 2.75) is 33.7 Å². The van der Waals surface area contributed by atoms with Gasteiger partial charge in [0.15, 0.2) is 0 Å². The smallest absolute Gasteiger partial charge is 0.377 e. The summed E-state index contributed by atoms with van der Waals surface area (Å²) in [5, 5.41) is 2.69. The van der Waals surface area contributed by atoms with Gasteiger partial charge in [0.1, 0.15) is 28.6 Å². The van der Waals surface area contributed by atoms with E-state index in [4.69, 9.17) is 9.72 Å². The number of ether oxygens (including phenoxy) is 1. The number of benzene rings is 1. The molecule has 8 heteroatoms. The molecule has 1 aliphatic heterocycles. The van der Waals surface area contributed by atoms with Gasteiger partial charge in [-0.15, -0.1) is 15.9 Å². The lowest BCUT2D eigenvalue weighted by molar-refractivity contribution is -0.865. The number of quaternary nitrogens is 1. The molecule has 1 aromatic carbocycles. The van der Waals surface area contributed by atoms with Crippen molar-refractivity contribution in [3.05, 3.63) is 83.3 Å². The molecule has 1 N–H and O–H groups in total. The SMILES string of the molecule is CCC1=CC=C(c2csc(-c3ccncc3)n2)C(=O)[N+]1(Cc1ccc(OC)cc1)NC(=O)C(C)C. The minimum absolute atomic E-state index is 0.191. The third-order valence-electron chi connectivity index (χ3n) is 5.98. The van der Waals surface area contributed by atoms with E-state index in [1.54, 1.807) is 19.5 Å². The van der Waals surface area contributed by atoms with Crippen molar-refractivity contribution in [2.24, 2.45) is 5.92 Å². The van der Waals surface area contributed by atoms with E-state index in [1.807, 2.05) is 74.7 Å². The van der Waals surface area contributed by atoms with Crippen LogP contribution in [0.15, 0.2) is 72.0 Å². The molecule has 4 rings (SSSR count). The lowest BCUT2D eigenvalue weighted by Gasteiger charge is -2.38. The Hall–Kier alpha value is -3.62. The minimum Gasteiger partial charge on any atom is -0.497 e. The van der Waals surface area contributed by atoms with Crippen LogP contribution in [0.5, 0.6) is 5.75 Å². The second kappa shape index (κ2) is 10.3. The van der Waals surface area contributed by atoms with Gasteiger partial charge in [0.05, 0.1) is 12.8 Å². The number of carbonyl (C=O) groups is 2. The predicted molar refractivity (Wildman–Crippen MR) is 137 cm³/mol. The zero-order valence-electron chi connectivity index (χ0n) is 20.3. The molecule has 2 aromatic heterocycles. The number of nitrogens with one attached hydrogen (secondary N) is 1. The minimum atomic E-state index is -0.298. The maximum absolute atomic E-state index is 14.2. The van der Waals surface area contributed by atoms with Crippen LogP contribution in [0.4, 0.5) is 0 Å². The molecule has 1 aliphatic rings. The van der Waals surface area contributed by atoms with Crippen molar-refractivity contribution in [3.63, 3.8) is 0 Å². The molecule has 3 heterocycles. The Labute approximate surface area is 209 Å². The Kier molecular flexibility index (Phi) is 7.23. The average molecular weight is 490 g/mol. The van der Waals surface area contributed by atoms with Crippen molar-refractivity contribution >= 4 is 28.7 Å². The summed E-state index contributed by atoms with van der Waals surface area (Å²) in [6.07, 6.45) is 7.79. The van der Waals surface area contributed by atoms with E-state index >= 15 is 0 Å². The molecule has 0 saturated heterocycles. The Morgan fingerprint density at radius 2 is 1.83 bits per heavy atom. The molecule has 1 unspecified atom stereocenters. The van der Waals surface area contributed by atoms with Gasteiger partial charge in [-0.2, -0.15) is 5.43 Å². The highest BCUT2D eigenvalue weighted by Gasteiger charge is 2.47. The lowest BCUT2D eigenvalue weighted by atomic mass is 10.0. The fourth-order valence-corrected chi connectivity index (χ4v) is 4.80. The third kappa shape index (κ3) is 4.94. The van der Waals surface area contributed by atoms with E-state index in [2.05, 4.69) is 10.4 Å². The predicted octanol–water partition coefficient (Wildman–Crippen LogP) is 5.14. The first-order chi connectivity index (χ1) is 16.9. The molecule has 0 aliphatic carbocycles. The van der Waals surface area contributed by atoms with Gasteiger partial charge in [0.2, 0.25) is 0 Å². The summed E-state index contributed by atoms with van der Waals surface area (Å²) in [7, 11) is 1.61. The summed E-state index contributed by atoms with van der Waals surface area (Å²) in [6, 6.07) is 11.3. The van der Waals surface area contributed by atoms with Gasteiger partial charge in [0, 0.05) is 41.2 Å². The number of allylic oxidation sites excluding steroid dienone is 3. The Bertz CT molecular complexity index is 1280. The van der Waals surface area contributed by atoms with Crippen LogP contribution in [-0.2, 0) is 16.1 Å². The van der Waals surface area contributed by atoms with Crippen LogP contribution in [-0.4, -0.2) is 33.5 Å². The first-order valence-electron chi connectivity index (χ1n) is 11.5. The number of methoxy groups -OCH3 is 1. The number of rotatable bonds is 8. The molecule has 35 heavy (non-hydrogen) atoms. The zero-order chi connectivity index (χ0) is 25.0. The van der Waals surface area contributed by atoms with Crippen molar-refractivity contribution < 1.29 is 18.9 Å². The first kappa shape index (κ1) is 24.5. The van der Waals surface area contributed by atoms with Gasteiger partial charge in [0.25, 0.3) is 5.91 Å². The monoisotopic (exact) mass is 489 g/mol. The number of hydrogen-bond donors (Lipinski definition) is 1. The lowest BCUT2D eigenvalue weighted by Crippen LogP contribution is -2.63. The summed E-state index contributed by atoms with van der Waals surface area (Å²) in [6.45, 7) is 5.91.